The van der Waals surface area contributed by atoms with E-state index in [4.69, 9.17) is 4.74 Å². The van der Waals surface area contributed by atoms with Gasteiger partial charge < -0.3 is 4.74 Å². The molecule has 18 heavy (non-hydrogen) atoms. The van der Waals surface area contributed by atoms with Crippen molar-refractivity contribution in [2.45, 2.75) is 66.4 Å². The molecule has 0 heterocycles. The summed E-state index contributed by atoms with van der Waals surface area (Å²) in [5, 5.41) is 0. The minimum Gasteiger partial charge on any atom is -0.462 e. The fourth-order valence-electron chi connectivity index (χ4n) is 3.93. The molecule has 0 aromatic heterocycles. The van der Waals surface area contributed by atoms with Crippen LogP contribution in [0.1, 0.15) is 60.3 Å². The number of allylic oxidation sites excluding steroid dienone is 1. The zero-order valence-corrected chi connectivity index (χ0v) is 12.4. The lowest BCUT2D eigenvalue weighted by molar-refractivity contribution is -0.155. The van der Waals surface area contributed by atoms with Gasteiger partial charge in [0.2, 0.25) is 0 Å². The first-order valence-electron chi connectivity index (χ1n) is 7.17. The number of ether oxygens (including phenoxy) is 1. The zero-order valence-electron chi connectivity index (χ0n) is 12.4. The molecule has 0 N–H and O–H groups in total. The summed E-state index contributed by atoms with van der Waals surface area (Å²) in [6.45, 7) is 10.8. The molecule has 2 unspecified atom stereocenters. The van der Waals surface area contributed by atoms with Gasteiger partial charge in [-0.2, -0.15) is 0 Å². The molecule has 0 bridgehead atoms. The van der Waals surface area contributed by atoms with Crippen LogP contribution in [0.15, 0.2) is 11.6 Å². The van der Waals surface area contributed by atoms with E-state index in [9.17, 15) is 4.79 Å². The lowest BCUT2D eigenvalue weighted by Crippen LogP contribution is -2.48. The van der Waals surface area contributed by atoms with Crippen molar-refractivity contribution in [2.75, 3.05) is 0 Å². The van der Waals surface area contributed by atoms with Gasteiger partial charge in [0.15, 0.2) is 0 Å². The maximum atomic E-state index is 11.3. The summed E-state index contributed by atoms with van der Waals surface area (Å²) in [5.41, 5.74) is 1.80. The van der Waals surface area contributed by atoms with Crippen LogP contribution < -0.4 is 0 Å². The Kier molecular flexibility index (Phi) is 3.33. The number of fused-ring (bicyclic) bond motifs is 1. The van der Waals surface area contributed by atoms with E-state index in [1.54, 1.807) is 0 Å². The van der Waals surface area contributed by atoms with E-state index in [1.807, 2.05) is 0 Å². The largest absolute Gasteiger partial charge is 0.462 e. The third-order valence-corrected chi connectivity index (χ3v) is 5.43. The molecule has 0 saturated heterocycles. The van der Waals surface area contributed by atoms with Crippen LogP contribution in [-0.4, -0.2) is 12.1 Å². The van der Waals surface area contributed by atoms with E-state index >= 15 is 0 Å². The minimum atomic E-state index is -0.140. The number of esters is 1. The number of carbonyl (C=O) groups excluding carboxylic acids is 1. The van der Waals surface area contributed by atoms with Crippen LogP contribution in [0.2, 0.25) is 0 Å². The quantitative estimate of drug-likeness (QED) is 0.517. The van der Waals surface area contributed by atoms with Crippen LogP contribution in [0.3, 0.4) is 0 Å². The molecule has 0 amide bonds. The number of rotatable bonds is 1. The third kappa shape index (κ3) is 2.00. The molecule has 2 aliphatic carbocycles. The first-order valence-corrected chi connectivity index (χ1v) is 7.17. The van der Waals surface area contributed by atoms with Crippen molar-refractivity contribution in [1.29, 1.82) is 0 Å². The molecule has 2 rings (SSSR count). The lowest BCUT2D eigenvalue weighted by atomic mass is 9.52. The summed E-state index contributed by atoms with van der Waals surface area (Å²) in [7, 11) is 0. The lowest BCUT2D eigenvalue weighted by Gasteiger charge is -2.54. The Labute approximate surface area is 111 Å². The predicted octanol–water partition coefficient (Wildman–Crippen LogP) is 4.10. The molecule has 102 valence electrons. The summed E-state index contributed by atoms with van der Waals surface area (Å²) < 4.78 is 5.61. The van der Waals surface area contributed by atoms with E-state index in [-0.39, 0.29) is 22.9 Å². The van der Waals surface area contributed by atoms with Crippen LogP contribution in [0.5, 0.6) is 0 Å². The predicted molar refractivity (Wildman–Crippen MR) is 73.2 cm³/mol. The highest BCUT2D eigenvalue weighted by atomic mass is 16.5. The Bertz CT molecular complexity index is 381. The monoisotopic (exact) mass is 250 g/mol. The molecule has 0 radical (unpaired) electrons. The molecule has 0 aliphatic heterocycles. The summed E-state index contributed by atoms with van der Waals surface area (Å²) in [6, 6.07) is 0. The molecule has 2 nitrogen and oxygen atoms in total. The molecular weight excluding hydrogens is 224 g/mol. The van der Waals surface area contributed by atoms with Crippen molar-refractivity contribution >= 4 is 5.97 Å². The maximum absolute atomic E-state index is 11.3. The minimum absolute atomic E-state index is 0.0555. The third-order valence-electron chi connectivity index (χ3n) is 5.43. The van der Waals surface area contributed by atoms with Crippen LogP contribution >= 0.6 is 0 Å². The SMILES string of the molecule is CC(=O)OC1CCC=C2C(C)(C)C(C)CC[C@@]21C. The van der Waals surface area contributed by atoms with E-state index < -0.39 is 0 Å². The van der Waals surface area contributed by atoms with Crippen LogP contribution in [0.4, 0.5) is 0 Å². The summed E-state index contributed by atoms with van der Waals surface area (Å²) >= 11 is 0. The molecule has 0 spiro atoms. The fourth-order valence-corrected chi connectivity index (χ4v) is 3.93. The highest BCUT2D eigenvalue weighted by molar-refractivity contribution is 5.66. The van der Waals surface area contributed by atoms with Gasteiger partial charge in [-0.3, -0.25) is 4.79 Å². The van der Waals surface area contributed by atoms with Gasteiger partial charge >= 0.3 is 5.97 Å². The standard InChI is InChI=1S/C16H26O2/c1-11-9-10-16(5)13(15(11,3)4)7-6-8-14(16)18-12(2)17/h7,11,14H,6,8-10H2,1-5H3/t11?,14?,16-/m0/s1. The highest BCUT2D eigenvalue weighted by Gasteiger charge is 2.51. The van der Waals surface area contributed by atoms with Gasteiger partial charge in [-0.15, -0.1) is 0 Å². The Hall–Kier alpha value is -0.790. The first-order chi connectivity index (χ1) is 8.28. The van der Waals surface area contributed by atoms with Crippen LogP contribution in [0, 0.1) is 16.7 Å². The van der Waals surface area contributed by atoms with Crippen molar-refractivity contribution in [3.05, 3.63) is 11.6 Å². The maximum Gasteiger partial charge on any atom is 0.302 e. The van der Waals surface area contributed by atoms with Gasteiger partial charge in [0.25, 0.3) is 0 Å². The van der Waals surface area contributed by atoms with Crippen molar-refractivity contribution in [3.63, 3.8) is 0 Å². The zero-order chi connectivity index (χ0) is 13.6. The number of carbonyl (C=O) groups is 1. The van der Waals surface area contributed by atoms with Gasteiger partial charge in [0.05, 0.1) is 0 Å². The fraction of sp³-hybridized carbons (Fsp3) is 0.812. The van der Waals surface area contributed by atoms with Crippen LogP contribution in [0.25, 0.3) is 0 Å². The van der Waals surface area contributed by atoms with E-state index in [1.165, 1.54) is 18.9 Å². The second-order valence-electron chi connectivity index (χ2n) is 6.87. The second-order valence-corrected chi connectivity index (χ2v) is 6.87. The second kappa shape index (κ2) is 4.40. The van der Waals surface area contributed by atoms with Gasteiger partial charge in [-0.25, -0.2) is 0 Å². The molecule has 2 aliphatic rings. The van der Waals surface area contributed by atoms with Gasteiger partial charge in [-0.05, 0) is 37.0 Å². The Morgan fingerprint density at radius 2 is 2.00 bits per heavy atom. The van der Waals surface area contributed by atoms with Gasteiger partial charge in [-0.1, -0.05) is 39.3 Å². The van der Waals surface area contributed by atoms with Crippen molar-refractivity contribution in [3.8, 4) is 0 Å². The Morgan fingerprint density at radius 1 is 1.33 bits per heavy atom. The van der Waals surface area contributed by atoms with Gasteiger partial charge in [0.1, 0.15) is 6.10 Å². The number of hydrogen-bond acceptors (Lipinski definition) is 2. The topological polar surface area (TPSA) is 26.3 Å². The Balaban J connectivity index is 2.35. The van der Waals surface area contributed by atoms with Crippen molar-refractivity contribution in [2.24, 2.45) is 16.7 Å². The average Bonchev–Trinajstić information content (AvgIpc) is 2.26. The molecular formula is C16H26O2. The molecule has 1 saturated carbocycles. The number of hydrogen-bond donors (Lipinski definition) is 0. The summed E-state index contributed by atoms with van der Waals surface area (Å²) in [4.78, 5) is 11.3. The van der Waals surface area contributed by atoms with E-state index in [2.05, 4.69) is 33.8 Å². The average molecular weight is 250 g/mol. The molecule has 0 aromatic carbocycles. The Morgan fingerprint density at radius 3 is 2.61 bits per heavy atom. The molecule has 3 atom stereocenters. The molecule has 0 aromatic rings. The van der Waals surface area contributed by atoms with Crippen molar-refractivity contribution < 1.29 is 9.53 Å². The normalized spacial score (nSPS) is 38.6. The molecule has 1 fully saturated rings. The van der Waals surface area contributed by atoms with Crippen LogP contribution in [-0.2, 0) is 9.53 Å². The first kappa shape index (κ1) is 13.6. The molecule has 2 heteroatoms. The van der Waals surface area contributed by atoms with Gasteiger partial charge in [0, 0.05) is 12.3 Å². The summed E-state index contributed by atoms with van der Waals surface area (Å²) in [6.07, 6.45) is 6.86. The van der Waals surface area contributed by atoms with E-state index in [0.717, 1.165) is 19.3 Å². The smallest absolute Gasteiger partial charge is 0.302 e. The highest BCUT2D eigenvalue weighted by Crippen LogP contribution is 2.57. The van der Waals surface area contributed by atoms with E-state index in [0.29, 0.717) is 5.92 Å². The van der Waals surface area contributed by atoms with Crippen molar-refractivity contribution in [1.82, 2.24) is 0 Å². The summed E-state index contributed by atoms with van der Waals surface area (Å²) in [5.74, 6) is 0.562.